The molecule has 2 nitrogen and oxygen atoms in total. The Morgan fingerprint density at radius 1 is 0.917 bits per heavy atom. The van der Waals surface area contributed by atoms with E-state index in [2.05, 4.69) is 0 Å². The lowest BCUT2D eigenvalue weighted by atomic mass is 10.1. The van der Waals surface area contributed by atoms with Crippen molar-refractivity contribution in [3.05, 3.63) is 33.3 Å². The zero-order chi connectivity index (χ0) is 9.14. The lowest BCUT2D eigenvalue weighted by Crippen LogP contribution is -1.88. The smallest absolute Gasteiger partial charge is 0.151 e. The molecule has 0 spiro atoms. The van der Waals surface area contributed by atoms with Crippen molar-refractivity contribution in [1.82, 2.24) is 0 Å². The van der Waals surface area contributed by atoms with Crippen LogP contribution >= 0.6 is 23.2 Å². The third-order valence-electron chi connectivity index (χ3n) is 1.37. The summed E-state index contributed by atoms with van der Waals surface area (Å²) in [5.74, 6) is 0. The average Bonchev–Trinajstić information content (AvgIpc) is 2.05. The molecule has 1 aromatic carbocycles. The Bertz CT molecular complexity index is 305. The fourth-order valence-corrected chi connectivity index (χ4v) is 1.24. The second-order valence-corrected chi connectivity index (χ2v) is 2.95. The quantitative estimate of drug-likeness (QED) is 0.692. The third kappa shape index (κ3) is 1.65. The normalized spacial score (nSPS) is 9.50. The largest absolute Gasteiger partial charge is 0.298 e. The minimum atomic E-state index is 0.251. The Hall–Kier alpha value is -0.860. The van der Waals surface area contributed by atoms with Gasteiger partial charge in [0.2, 0.25) is 0 Å². The summed E-state index contributed by atoms with van der Waals surface area (Å²) in [4.78, 5) is 20.7. The second-order valence-electron chi connectivity index (χ2n) is 2.13. The molecule has 0 aromatic heterocycles. The molecule has 0 amide bonds. The minimum absolute atomic E-state index is 0.251. The molecule has 0 aliphatic heterocycles. The SMILES string of the molecule is O=Cc1cc(C=O)c(Cl)cc1Cl. The van der Waals surface area contributed by atoms with Crippen molar-refractivity contribution in [2.45, 2.75) is 0 Å². The average molecular weight is 203 g/mol. The molecule has 4 heteroatoms. The van der Waals surface area contributed by atoms with Crippen LogP contribution in [0, 0.1) is 0 Å². The predicted octanol–water partition coefficient (Wildman–Crippen LogP) is 2.62. The van der Waals surface area contributed by atoms with Crippen LogP contribution in [0.15, 0.2) is 12.1 Å². The van der Waals surface area contributed by atoms with E-state index in [1.54, 1.807) is 0 Å². The van der Waals surface area contributed by atoms with Crippen molar-refractivity contribution in [2.24, 2.45) is 0 Å². The van der Waals surface area contributed by atoms with Crippen molar-refractivity contribution in [2.75, 3.05) is 0 Å². The number of carbonyl (C=O) groups is 2. The lowest BCUT2D eigenvalue weighted by molar-refractivity contribution is 0.112. The van der Waals surface area contributed by atoms with Gasteiger partial charge in [0, 0.05) is 11.1 Å². The number of rotatable bonds is 2. The standard InChI is InChI=1S/C8H4Cl2O2/c9-7-2-8(10)6(4-12)1-5(7)3-11/h1-4H. The highest BCUT2D eigenvalue weighted by Gasteiger charge is 2.05. The van der Waals surface area contributed by atoms with Crippen molar-refractivity contribution in [3.63, 3.8) is 0 Å². The van der Waals surface area contributed by atoms with Crippen LogP contribution in [0.4, 0.5) is 0 Å². The first kappa shape index (κ1) is 9.23. The van der Waals surface area contributed by atoms with E-state index < -0.39 is 0 Å². The Morgan fingerprint density at radius 3 is 1.67 bits per heavy atom. The van der Waals surface area contributed by atoms with Gasteiger partial charge in [0.05, 0.1) is 10.0 Å². The van der Waals surface area contributed by atoms with Crippen molar-refractivity contribution in [1.29, 1.82) is 0 Å². The molecule has 0 bridgehead atoms. The number of carbonyl (C=O) groups excluding carboxylic acids is 2. The summed E-state index contributed by atoms with van der Waals surface area (Å²) < 4.78 is 0. The van der Waals surface area contributed by atoms with Crippen LogP contribution in [0.2, 0.25) is 10.0 Å². The van der Waals surface area contributed by atoms with Gasteiger partial charge in [-0.05, 0) is 12.1 Å². The highest BCUT2D eigenvalue weighted by Crippen LogP contribution is 2.22. The predicted molar refractivity (Wildman–Crippen MR) is 47.2 cm³/mol. The number of aldehydes is 2. The van der Waals surface area contributed by atoms with Crippen LogP contribution in [-0.4, -0.2) is 12.6 Å². The molecule has 12 heavy (non-hydrogen) atoms. The van der Waals surface area contributed by atoms with E-state index in [0.29, 0.717) is 12.6 Å². The first-order valence-corrected chi connectivity index (χ1v) is 3.84. The van der Waals surface area contributed by atoms with E-state index in [4.69, 9.17) is 23.2 Å². The fourth-order valence-electron chi connectivity index (χ4n) is 0.764. The summed E-state index contributed by atoms with van der Waals surface area (Å²) in [6.07, 6.45) is 1.15. The van der Waals surface area contributed by atoms with Gasteiger partial charge < -0.3 is 0 Å². The van der Waals surface area contributed by atoms with E-state index in [9.17, 15) is 9.59 Å². The molecule has 0 N–H and O–H groups in total. The topological polar surface area (TPSA) is 34.1 Å². The summed E-state index contributed by atoms with van der Waals surface area (Å²) in [5, 5.41) is 0.501. The van der Waals surface area contributed by atoms with Gasteiger partial charge >= 0.3 is 0 Å². The fraction of sp³-hybridized carbons (Fsp3) is 0. The molecule has 0 fully saturated rings. The van der Waals surface area contributed by atoms with E-state index in [0.717, 1.165) is 0 Å². The van der Waals surface area contributed by atoms with Gasteiger partial charge in [-0.15, -0.1) is 0 Å². The molecule has 0 atom stereocenters. The number of hydrogen-bond acceptors (Lipinski definition) is 2. The molecular formula is C8H4Cl2O2. The van der Waals surface area contributed by atoms with Crippen molar-refractivity contribution in [3.8, 4) is 0 Å². The van der Waals surface area contributed by atoms with Gasteiger partial charge in [-0.25, -0.2) is 0 Å². The van der Waals surface area contributed by atoms with E-state index in [-0.39, 0.29) is 21.2 Å². The molecule has 0 radical (unpaired) electrons. The van der Waals surface area contributed by atoms with Crippen LogP contribution in [0.3, 0.4) is 0 Å². The number of hydrogen-bond donors (Lipinski definition) is 0. The summed E-state index contributed by atoms with van der Waals surface area (Å²) in [5.41, 5.74) is 0.534. The Labute approximate surface area is 79.1 Å². The maximum atomic E-state index is 10.4. The molecule has 0 heterocycles. The highest BCUT2D eigenvalue weighted by molar-refractivity contribution is 6.37. The van der Waals surface area contributed by atoms with Crippen LogP contribution in [-0.2, 0) is 0 Å². The van der Waals surface area contributed by atoms with Crippen LogP contribution in [0.25, 0.3) is 0 Å². The molecular weight excluding hydrogens is 199 g/mol. The van der Waals surface area contributed by atoms with Gasteiger partial charge in [-0.1, -0.05) is 23.2 Å². The Kier molecular flexibility index (Phi) is 2.84. The van der Waals surface area contributed by atoms with E-state index in [1.165, 1.54) is 12.1 Å². The first-order valence-electron chi connectivity index (χ1n) is 3.08. The molecule has 0 aliphatic carbocycles. The van der Waals surface area contributed by atoms with Gasteiger partial charge in [0.1, 0.15) is 0 Å². The zero-order valence-corrected chi connectivity index (χ0v) is 7.39. The molecule has 0 aliphatic rings. The van der Waals surface area contributed by atoms with Crippen molar-refractivity contribution >= 4 is 35.8 Å². The molecule has 1 aromatic rings. The van der Waals surface area contributed by atoms with Crippen LogP contribution in [0.1, 0.15) is 20.7 Å². The first-order chi connectivity index (χ1) is 5.69. The van der Waals surface area contributed by atoms with Crippen molar-refractivity contribution < 1.29 is 9.59 Å². The maximum Gasteiger partial charge on any atom is 0.151 e. The molecule has 0 saturated carbocycles. The van der Waals surface area contributed by atoms with E-state index >= 15 is 0 Å². The minimum Gasteiger partial charge on any atom is -0.298 e. The molecule has 0 unspecified atom stereocenters. The van der Waals surface area contributed by atoms with Gasteiger partial charge in [0.15, 0.2) is 12.6 Å². The molecule has 1 rings (SSSR count). The van der Waals surface area contributed by atoms with Gasteiger partial charge in [0.25, 0.3) is 0 Å². The van der Waals surface area contributed by atoms with Crippen LogP contribution in [0.5, 0.6) is 0 Å². The Balaban J connectivity index is 3.36. The monoisotopic (exact) mass is 202 g/mol. The van der Waals surface area contributed by atoms with E-state index in [1.807, 2.05) is 0 Å². The number of benzene rings is 1. The molecule has 62 valence electrons. The highest BCUT2D eigenvalue weighted by atomic mass is 35.5. The number of halogens is 2. The summed E-state index contributed by atoms with van der Waals surface area (Å²) in [6.45, 7) is 0. The second kappa shape index (κ2) is 3.70. The van der Waals surface area contributed by atoms with Gasteiger partial charge in [-0.2, -0.15) is 0 Å². The lowest BCUT2D eigenvalue weighted by Gasteiger charge is -1.99. The summed E-state index contributed by atoms with van der Waals surface area (Å²) in [7, 11) is 0. The summed E-state index contributed by atoms with van der Waals surface area (Å²) >= 11 is 11.3. The zero-order valence-electron chi connectivity index (χ0n) is 5.88. The molecule has 0 saturated heterocycles. The Morgan fingerprint density at radius 2 is 1.33 bits per heavy atom. The third-order valence-corrected chi connectivity index (χ3v) is 2.02. The van der Waals surface area contributed by atoms with Gasteiger partial charge in [-0.3, -0.25) is 9.59 Å². The maximum absolute atomic E-state index is 10.4. The summed E-state index contributed by atoms with van der Waals surface area (Å²) in [6, 6.07) is 2.72. The van der Waals surface area contributed by atoms with Crippen LogP contribution < -0.4 is 0 Å².